The molecule has 1 atom stereocenters. The van der Waals surface area contributed by atoms with Crippen molar-refractivity contribution >= 4 is 17.5 Å². The standard InChI is InChI=1S/C22H25N5O2/c28-20(16-8-9-16)24-22-23-19-18(5-4-14-27(19)25-22)15-6-10-17(11-7-15)21(29)26-12-2-1-3-13-26/h4-7,10-11,14,16,21,29H,1-3,8-9,12-13H2,(H,24,25,28). The second-order valence-corrected chi connectivity index (χ2v) is 7.98. The van der Waals surface area contributed by atoms with E-state index >= 15 is 0 Å². The van der Waals surface area contributed by atoms with Crippen molar-refractivity contribution in [3.05, 3.63) is 48.2 Å². The molecule has 0 bridgehead atoms. The average molecular weight is 391 g/mol. The van der Waals surface area contributed by atoms with Crippen molar-refractivity contribution in [3.63, 3.8) is 0 Å². The molecule has 2 fully saturated rings. The highest BCUT2D eigenvalue weighted by atomic mass is 16.3. The van der Waals surface area contributed by atoms with Crippen LogP contribution in [-0.4, -0.2) is 43.6 Å². The molecule has 0 spiro atoms. The molecule has 3 heterocycles. The second kappa shape index (κ2) is 7.57. The number of aromatic nitrogens is 3. The highest BCUT2D eigenvalue weighted by Crippen LogP contribution is 2.31. The number of anilines is 1. The van der Waals surface area contributed by atoms with Crippen LogP contribution in [0.25, 0.3) is 16.8 Å². The largest absolute Gasteiger partial charge is 0.374 e. The Morgan fingerprint density at radius 3 is 2.59 bits per heavy atom. The number of hydrogen-bond acceptors (Lipinski definition) is 5. The van der Waals surface area contributed by atoms with Gasteiger partial charge in [0.15, 0.2) is 5.65 Å². The van der Waals surface area contributed by atoms with E-state index in [9.17, 15) is 9.90 Å². The topological polar surface area (TPSA) is 82.8 Å². The summed E-state index contributed by atoms with van der Waals surface area (Å²) in [7, 11) is 0. The normalized spacial score (nSPS) is 18.7. The molecule has 1 unspecified atom stereocenters. The van der Waals surface area contributed by atoms with Gasteiger partial charge in [-0.3, -0.25) is 15.0 Å². The van der Waals surface area contributed by atoms with Crippen LogP contribution in [0.3, 0.4) is 0 Å². The molecule has 1 amide bonds. The summed E-state index contributed by atoms with van der Waals surface area (Å²) in [5.74, 6) is 0.449. The molecule has 1 aliphatic heterocycles. The van der Waals surface area contributed by atoms with Crippen molar-refractivity contribution in [1.82, 2.24) is 19.5 Å². The predicted octanol–water partition coefficient (Wildman–Crippen LogP) is 3.22. The second-order valence-electron chi connectivity index (χ2n) is 7.98. The lowest BCUT2D eigenvalue weighted by atomic mass is 10.0. The van der Waals surface area contributed by atoms with E-state index in [1.807, 2.05) is 42.6 Å². The third-order valence-corrected chi connectivity index (χ3v) is 5.80. The summed E-state index contributed by atoms with van der Waals surface area (Å²) in [5, 5.41) is 17.9. The molecule has 0 radical (unpaired) electrons. The minimum atomic E-state index is -0.558. The predicted molar refractivity (Wildman–Crippen MR) is 110 cm³/mol. The number of likely N-dealkylation sites (tertiary alicyclic amines) is 1. The molecule has 1 saturated heterocycles. The van der Waals surface area contributed by atoms with Gasteiger partial charge in [-0.15, -0.1) is 5.10 Å². The van der Waals surface area contributed by atoms with Crippen LogP contribution in [0.5, 0.6) is 0 Å². The minimum Gasteiger partial charge on any atom is -0.374 e. The van der Waals surface area contributed by atoms with Gasteiger partial charge in [0.05, 0.1) is 0 Å². The molecule has 1 aromatic carbocycles. The smallest absolute Gasteiger partial charge is 0.249 e. The molecular formula is C22H25N5O2. The van der Waals surface area contributed by atoms with Crippen molar-refractivity contribution in [2.45, 2.75) is 38.3 Å². The van der Waals surface area contributed by atoms with Crippen LogP contribution in [0.15, 0.2) is 42.6 Å². The lowest BCUT2D eigenvalue weighted by Gasteiger charge is -2.31. The first-order valence-corrected chi connectivity index (χ1v) is 10.4. The van der Waals surface area contributed by atoms with Gasteiger partial charge in [-0.05, 0) is 48.9 Å². The first-order chi connectivity index (χ1) is 14.2. The van der Waals surface area contributed by atoms with Crippen LogP contribution in [0.4, 0.5) is 5.95 Å². The van der Waals surface area contributed by atoms with Gasteiger partial charge >= 0.3 is 0 Å². The third kappa shape index (κ3) is 3.75. The number of carbonyl (C=O) groups excluding carboxylic acids is 1. The van der Waals surface area contributed by atoms with E-state index in [1.165, 1.54) is 6.42 Å². The summed E-state index contributed by atoms with van der Waals surface area (Å²) in [6.45, 7) is 1.88. The fraction of sp³-hybridized carbons (Fsp3) is 0.409. The molecule has 2 aromatic heterocycles. The van der Waals surface area contributed by atoms with Crippen molar-refractivity contribution in [1.29, 1.82) is 0 Å². The van der Waals surface area contributed by atoms with E-state index in [1.54, 1.807) is 4.52 Å². The summed E-state index contributed by atoms with van der Waals surface area (Å²) in [5.41, 5.74) is 3.54. The van der Waals surface area contributed by atoms with Gasteiger partial charge in [-0.1, -0.05) is 30.7 Å². The average Bonchev–Trinajstić information content (AvgIpc) is 3.54. The highest BCUT2D eigenvalue weighted by Gasteiger charge is 2.30. The SMILES string of the molecule is O=C(Nc1nc2c(-c3ccc(C(O)N4CCCCC4)cc3)cccn2n1)C1CC1. The lowest BCUT2D eigenvalue weighted by molar-refractivity contribution is -0.117. The number of fused-ring (bicyclic) bond motifs is 1. The number of pyridine rings is 1. The van der Waals surface area contributed by atoms with Crippen LogP contribution >= 0.6 is 0 Å². The fourth-order valence-electron chi connectivity index (χ4n) is 3.95. The van der Waals surface area contributed by atoms with Crippen LogP contribution in [0.1, 0.15) is 43.9 Å². The van der Waals surface area contributed by atoms with Crippen molar-refractivity contribution in [2.75, 3.05) is 18.4 Å². The van der Waals surface area contributed by atoms with Crippen LogP contribution in [0.2, 0.25) is 0 Å². The zero-order valence-corrected chi connectivity index (χ0v) is 16.3. The Morgan fingerprint density at radius 1 is 1.10 bits per heavy atom. The number of nitrogens with one attached hydrogen (secondary N) is 1. The van der Waals surface area contributed by atoms with Crippen molar-refractivity contribution in [2.24, 2.45) is 5.92 Å². The molecule has 2 N–H and O–H groups in total. The van der Waals surface area contributed by atoms with Crippen LogP contribution < -0.4 is 5.32 Å². The minimum absolute atomic E-state index is 0.00138. The first kappa shape index (κ1) is 18.3. The van der Waals surface area contributed by atoms with E-state index in [-0.39, 0.29) is 11.8 Å². The maximum atomic E-state index is 12.0. The highest BCUT2D eigenvalue weighted by molar-refractivity contribution is 5.93. The third-order valence-electron chi connectivity index (χ3n) is 5.80. The van der Waals surface area contributed by atoms with E-state index in [0.29, 0.717) is 11.6 Å². The number of aliphatic hydroxyl groups excluding tert-OH is 1. The number of carbonyl (C=O) groups is 1. The first-order valence-electron chi connectivity index (χ1n) is 10.4. The molecule has 3 aromatic rings. The zero-order valence-electron chi connectivity index (χ0n) is 16.3. The molecule has 1 aliphatic carbocycles. The van der Waals surface area contributed by atoms with Gasteiger partial charge in [-0.2, -0.15) is 4.98 Å². The van der Waals surface area contributed by atoms with E-state index in [2.05, 4.69) is 20.3 Å². The molecule has 29 heavy (non-hydrogen) atoms. The molecule has 150 valence electrons. The van der Waals surface area contributed by atoms with E-state index in [4.69, 9.17) is 0 Å². The zero-order chi connectivity index (χ0) is 19.8. The fourth-order valence-corrected chi connectivity index (χ4v) is 3.95. The molecule has 1 saturated carbocycles. The van der Waals surface area contributed by atoms with Crippen molar-refractivity contribution < 1.29 is 9.90 Å². The Balaban J connectivity index is 1.39. The number of hydrogen-bond donors (Lipinski definition) is 2. The maximum absolute atomic E-state index is 12.0. The lowest BCUT2D eigenvalue weighted by Crippen LogP contribution is -2.33. The summed E-state index contributed by atoms with van der Waals surface area (Å²) < 4.78 is 1.69. The van der Waals surface area contributed by atoms with Gasteiger partial charge in [0.25, 0.3) is 0 Å². The summed E-state index contributed by atoms with van der Waals surface area (Å²) in [6, 6.07) is 11.9. The van der Waals surface area contributed by atoms with Gasteiger partial charge in [-0.25, -0.2) is 4.52 Å². The van der Waals surface area contributed by atoms with E-state index < -0.39 is 6.23 Å². The number of nitrogens with zero attached hydrogens (tertiary/aromatic N) is 4. The van der Waals surface area contributed by atoms with Gasteiger partial charge in [0.2, 0.25) is 11.9 Å². The van der Waals surface area contributed by atoms with Crippen LogP contribution in [-0.2, 0) is 4.79 Å². The van der Waals surface area contributed by atoms with Gasteiger partial charge in [0, 0.05) is 30.8 Å². The monoisotopic (exact) mass is 391 g/mol. The Bertz CT molecular complexity index is 1020. The molecular weight excluding hydrogens is 366 g/mol. The Morgan fingerprint density at radius 2 is 1.86 bits per heavy atom. The summed E-state index contributed by atoms with van der Waals surface area (Å²) in [6.07, 6.45) is 6.69. The van der Waals surface area contributed by atoms with Crippen molar-refractivity contribution in [3.8, 4) is 11.1 Å². The number of piperidine rings is 1. The Hall–Kier alpha value is -2.77. The molecule has 5 rings (SSSR count). The van der Waals surface area contributed by atoms with E-state index in [0.717, 1.165) is 55.5 Å². The molecule has 2 aliphatic rings. The quantitative estimate of drug-likeness (QED) is 0.698. The number of rotatable bonds is 5. The Labute approximate surface area is 169 Å². The summed E-state index contributed by atoms with van der Waals surface area (Å²) >= 11 is 0. The van der Waals surface area contributed by atoms with Crippen LogP contribution in [0, 0.1) is 5.92 Å². The summed E-state index contributed by atoms with van der Waals surface area (Å²) in [4.78, 5) is 18.7. The molecule has 7 heteroatoms. The number of amides is 1. The Kier molecular flexibility index (Phi) is 4.77. The number of benzene rings is 1. The maximum Gasteiger partial charge on any atom is 0.249 e. The molecule has 7 nitrogen and oxygen atoms in total. The number of aliphatic hydroxyl groups is 1. The van der Waals surface area contributed by atoms with Gasteiger partial charge in [0.1, 0.15) is 6.23 Å². The van der Waals surface area contributed by atoms with Gasteiger partial charge < -0.3 is 5.11 Å².